The van der Waals surface area contributed by atoms with Crippen LogP contribution in [0.5, 0.6) is 11.5 Å². The van der Waals surface area contributed by atoms with Crippen LogP contribution >= 0.6 is 11.6 Å². The summed E-state index contributed by atoms with van der Waals surface area (Å²) in [4.78, 5) is 16.6. The number of carbonyl (C=O) groups is 1. The number of hydrogen-bond donors (Lipinski definition) is 1. The third-order valence-corrected chi connectivity index (χ3v) is 3.87. The highest BCUT2D eigenvalue weighted by atomic mass is 35.5. The zero-order valence-electron chi connectivity index (χ0n) is 14.9. The van der Waals surface area contributed by atoms with Crippen molar-refractivity contribution in [1.82, 2.24) is 10.1 Å². The van der Waals surface area contributed by atoms with E-state index < -0.39 is 0 Å². The number of nitrogens with one attached hydrogen (secondary N) is 1. The van der Waals surface area contributed by atoms with Crippen LogP contribution in [-0.2, 0) is 11.2 Å². The monoisotopic (exact) mass is 387 g/mol. The van der Waals surface area contributed by atoms with Crippen LogP contribution < -0.4 is 14.8 Å². The molecule has 140 valence electrons. The van der Waals surface area contributed by atoms with Gasteiger partial charge in [-0.25, -0.2) is 0 Å². The zero-order valence-corrected chi connectivity index (χ0v) is 15.6. The van der Waals surface area contributed by atoms with Crippen LogP contribution in [0.2, 0.25) is 5.02 Å². The highest BCUT2D eigenvalue weighted by Gasteiger charge is 2.16. The molecule has 0 radical (unpaired) electrons. The van der Waals surface area contributed by atoms with Gasteiger partial charge in [-0.05, 0) is 37.3 Å². The molecule has 3 aromatic rings. The first-order valence-electron chi connectivity index (χ1n) is 8.29. The number of rotatable bonds is 7. The van der Waals surface area contributed by atoms with Gasteiger partial charge in [0.2, 0.25) is 5.91 Å². The number of carbonyl (C=O) groups excluding carboxylic acids is 1. The van der Waals surface area contributed by atoms with E-state index in [1.807, 2.05) is 31.2 Å². The minimum absolute atomic E-state index is 0.0596. The first-order chi connectivity index (χ1) is 13.1. The largest absolute Gasteiger partial charge is 0.495 e. The number of hydrogen-bond acceptors (Lipinski definition) is 6. The number of halogens is 1. The first kappa shape index (κ1) is 18.7. The molecule has 0 aliphatic carbocycles. The highest BCUT2D eigenvalue weighted by molar-refractivity contribution is 6.31. The standard InChI is InChI=1S/C19H18ClN3O4/c1-3-26-15-7-5-4-6-13(15)19-22-17(23-27-19)11-18(24)21-14-10-12(20)8-9-16(14)25-2/h4-10H,3,11H2,1-2H3,(H,21,24). The molecule has 27 heavy (non-hydrogen) atoms. The molecule has 0 saturated heterocycles. The summed E-state index contributed by atoms with van der Waals surface area (Å²) in [6.45, 7) is 2.41. The van der Waals surface area contributed by atoms with Crippen LogP contribution in [0.3, 0.4) is 0 Å². The third-order valence-electron chi connectivity index (χ3n) is 3.64. The lowest BCUT2D eigenvalue weighted by Gasteiger charge is -2.09. The quantitative estimate of drug-likeness (QED) is 0.659. The fourth-order valence-corrected chi connectivity index (χ4v) is 2.65. The summed E-state index contributed by atoms with van der Waals surface area (Å²) in [7, 11) is 1.51. The molecule has 0 spiro atoms. The van der Waals surface area contributed by atoms with Gasteiger partial charge >= 0.3 is 0 Å². The summed E-state index contributed by atoms with van der Waals surface area (Å²) >= 11 is 5.97. The average Bonchev–Trinajstić information content (AvgIpc) is 3.11. The normalized spacial score (nSPS) is 10.5. The summed E-state index contributed by atoms with van der Waals surface area (Å²) in [6, 6.07) is 12.3. The van der Waals surface area contributed by atoms with Crippen LogP contribution in [0, 0.1) is 0 Å². The topological polar surface area (TPSA) is 86.5 Å². The van der Waals surface area contributed by atoms with Crippen molar-refractivity contribution < 1.29 is 18.8 Å². The highest BCUT2D eigenvalue weighted by Crippen LogP contribution is 2.29. The molecule has 0 unspecified atom stereocenters. The Labute approximate surface area is 161 Å². The van der Waals surface area contributed by atoms with Gasteiger partial charge in [0.15, 0.2) is 5.82 Å². The molecule has 0 aliphatic heterocycles. The van der Waals surface area contributed by atoms with Crippen molar-refractivity contribution in [3.05, 3.63) is 53.3 Å². The molecule has 1 N–H and O–H groups in total. The fourth-order valence-electron chi connectivity index (χ4n) is 2.48. The third kappa shape index (κ3) is 4.57. The SMILES string of the molecule is CCOc1ccccc1-c1nc(CC(=O)Nc2cc(Cl)ccc2OC)no1. The van der Waals surface area contributed by atoms with Crippen molar-refractivity contribution in [2.45, 2.75) is 13.3 Å². The van der Waals surface area contributed by atoms with Gasteiger partial charge in [0.25, 0.3) is 5.89 Å². The zero-order chi connectivity index (χ0) is 19.2. The van der Waals surface area contributed by atoms with E-state index in [4.69, 9.17) is 25.6 Å². The van der Waals surface area contributed by atoms with Crippen LogP contribution in [0.1, 0.15) is 12.7 Å². The Bertz CT molecular complexity index is 942. The summed E-state index contributed by atoms with van der Waals surface area (Å²) in [6.07, 6.45) is -0.0596. The van der Waals surface area contributed by atoms with E-state index in [0.29, 0.717) is 40.3 Å². The Morgan fingerprint density at radius 1 is 1.22 bits per heavy atom. The van der Waals surface area contributed by atoms with Crippen molar-refractivity contribution in [2.75, 3.05) is 19.0 Å². The molecule has 7 nitrogen and oxygen atoms in total. The molecule has 0 saturated carbocycles. The maximum Gasteiger partial charge on any atom is 0.261 e. The van der Waals surface area contributed by atoms with E-state index in [1.165, 1.54) is 7.11 Å². The first-order valence-corrected chi connectivity index (χ1v) is 8.66. The predicted octanol–water partition coefficient (Wildman–Crippen LogP) is 3.98. The summed E-state index contributed by atoms with van der Waals surface area (Å²) in [5, 5.41) is 7.10. The molecule has 0 atom stereocenters. The van der Waals surface area contributed by atoms with Crippen LogP contribution in [0.25, 0.3) is 11.5 Å². The molecule has 1 amide bonds. The maximum absolute atomic E-state index is 12.3. The number of ether oxygens (including phenoxy) is 2. The molecule has 2 aromatic carbocycles. The van der Waals surface area contributed by atoms with Crippen LogP contribution in [0.15, 0.2) is 47.0 Å². The van der Waals surface area contributed by atoms with E-state index >= 15 is 0 Å². The van der Waals surface area contributed by atoms with E-state index in [9.17, 15) is 4.79 Å². The Morgan fingerprint density at radius 2 is 2.04 bits per heavy atom. The number of benzene rings is 2. The number of anilines is 1. The molecular weight excluding hydrogens is 370 g/mol. The second-order valence-electron chi connectivity index (χ2n) is 5.51. The van der Waals surface area contributed by atoms with Gasteiger partial charge in [-0.2, -0.15) is 4.98 Å². The Hall–Kier alpha value is -3.06. The molecule has 0 fully saturated rings. The van der Waals surface area contributed by atoms with Gasteiger partial charge in [-0.1, -0.05) is 28.9 Å². The summed E-state index contributed by atoms with van der Waals surface area (Å²) < 4.78 is 16.1. The minimum atomic E-state index is -0.319. The lowest BCUT2D eigenvalue weighted by atomic mass is 10.2. The Kier molecular flexibility index (Phi) is 5.93. The second-order valence-corrected chi connectivity index (χ2v) is 5.95. The van der Waals surface area contributed by atoms with E-state index in [-0.39, 0.29) is 18.2 Å². The van der Waals surface area contributed by atoms with Crippen molar-refractivity contribution in [2.24, 2.45) is 0 Å². The molecular formula is C19H18ClN3O4. The molecule has 1 heterocycles. The van der Waals surface area contributed by atoms with E-state index in [2.05, 4.69) is 15.5 Å². The van der Waals surface area contributed by atoms with Crippen LogP contribution in [0.4, 0.5) is 5.69 Å². The van der Waals surface area contributed by atoms with Gasteiger partial charge in [-0.3, -0.25) is 4.79 Å². The smallest absolute Gasteiger partial charge is 0.261 e. The van der Waals surface area contributed by atoms with Gasteiger partial charge < -0.3 is 19.3 Å². The van der Waals surface area contributed by atoms with E-state index in [1.54, 1.807) is 18.2 Å². The fraction of sp³-hybridized carbons (Fsp3) is 0.211. The minimum Gasteiger partial charge on any atom is -0.495 e. The lowest BCUT2D eigenvalue weighted by Crippen LogP contribution is -2.15. The van der Waals surface area contributed by atoms with Crippen molar-refractivity contribution in [1.29, 1.82) is 0 Å². The molecule has 3 rings (SSSR count). The van der Waals surface area contributed by atoms with Crippen LogP contribution in [-0.4, -0.2) is 29.8 Å². The molecule has 0 aliphatic rings. The summed E-state index contributed by atoms with van der Waals surface area (Å²) in [5.74, 6) is 1.38. The van der Waals surface area contributed by atoms with E-state index in [0.717, 1.165) is 0 Å². The van der Waals surface area contributed by atoms with Crippen molar-refractivity contribution in [3.8, 4) is 23.0 Å². The number of amides is 1. The van der Waals surface area contributed by atoms with Gasteiger partial charge in [-0.15, -0.1) is 0 Å². The van der Waals surface area contributed by atoms with Gasteiger partial charge in [0.05, 0.1) is 31.4 Å². The molecule has 8 heteroatoms. The van der Waals surface area contributed by atoms with Crippen molar-refractivity contribution in [3.63, 3.8) is 0 Å². The number of para-hydroxylation sites is 1. The molecule has 0 bridgehead atoms. The maximum atomic E-state index is 12.3. The Morgan fingerprint density at radius 3 is 2.81 bits per heavy atom. The molecule has 1 aromatic heterocycles. The number of methoxy groups -OCH3 is 1. The van der Waals surface area contributed by atoms with Gasteiger partial charge in [0, 0.05) is 5.02 Å². The second kappa shape index (κ2) is 8.55. The number of nitrogens with zero attached hydrogens (tertiary/aromatic N) is 2. The van der Waals surface area contributed by atoms with Crippen molar-refractivity contribution >= 4 is 23.2 Å². The average molecular weight is 388 g/mol. The summed E-state index contributed by atoms with van der Waals surface area (Å²) in [5.41, 5.74) is 1.15. The number of aromatic nitrogens is 2. The van der Waals surface area contributed by atoms with Gasteiger partial charge in [0.1, 0.15) is 11.5 Å². The lowest BCUT2D eigenvalue weighted by molar-refractivity contribution is -0.115. The Balaban J connectivity index is 1.73. The predicted molar refractivity (Wildman–Crippen MR) is 101 cm³/mol.